The highest BCUT2D eigenvalue weighted by molar-refractivity contribution is 7.99. The Labute approximate surface area is 172 Å². The zero-order valence-electron chi connectivity index (χ0n) is 15.6. The van der Waals surface area contributed by atoms with Gasteiger partial charge in [-0.15, -0.1) is 21.5 Å². The number of ether oxygens (including phenoxy) is 1. The Kier molecular flexibility index (Phi) is 6.09. The highest BCUT2D eigenvalue weighted by Crippen LogP contribution is 2.29. The van der Waals surface area contributed by atoms with E-state index < -0.39 is 0 Å². The number of nitrogens with zero attached hydrogens (tertiary/aromatic N) is 3. The van der Waals surface area contributed by atoms with Gasteiger partial charge in [0.2, 0.25) is 5.91 Å². The molecule has 1 fully saturated rings. The molecular formula is C20H22N4O2S2. The summed E-state index contributed by atoms with van der Waals surface area (Å²) in [6.45, 7) is 3.52. The molecule has 1 aliphatic heterocycles. The summed E-state index contributed by atoms with van der Waals surface area (Å²) in [4.78, 5) is 13.4. The van der Waals surface area contributed by atoms with Crippen LogP contribution in [0, 0.1) is 6.92 Å². The summed E-state index contributed by atoms with van der Waals surface area (Å²) in [7, 11) is 0. The largest absolute Gasteiger partial charge is 0.376 e. The summed E-state index contributed by atoms with van der Waals surface area (Å²) >= 11 is 3.04. The zero-order valence-corrected chi connectivity index (χ0v) is 17.3. The van der Waals surface area contributed by atoms with Crippen LogP contribution in [0.25, 0.3) is 10.7 Å². The molecule has 3 heterocycles. The number of benzene rings is 1. The molecule has 1 saturated heterocycles. The first-order valence-corrected chi connectivity index (χ1v) is 11.1. The molecule has 0 aliphatic carbocycles. The van der Waals surface area contributed by atoms with Gasteiger partial charge in [0.25, 0.3) is 0 Å². The van der Waals surface area contributed by atoms with Crippen LogP contribution in [-0.4, -0.2) is 39.1 Å². The van der Waals surface area contributed by atoms with Crippen molar-refractivity contribution >= 4 is 34.7 Å². The minimum absolute atomic E-state index is 0.0556. The normalized spacial score (nSPS) is 16.4. The molecule has 3 aromatic rings. The van der Waals surface area contributed by atoms with E-state index in [1.807, 2.05) is 48.7 Å². The molecule has 28 heavy (non-hydrogen) atoms. The molecule has 1 atom stereocenters. The molecule has 0 saturated carbocycles. The molecule has 1 unspecified atom stereocenters. The molecular weight excluding hydrogens is 392 g/mol. The highest BCUT2D eigenvalue weighted by atomic mass is 32.2. The first kappa shape index (κ1) is 19.2. The number of thioether (sulfide) groups is 1. The Morgan fingerprint density at radius 3 is 3.04 bits per heavy atom. The number of rotatable bonds is 7. The topological polar surface area (TPSA) is 69.0 Å². The molecule has 1 N–H and O–H groups in total. The monoisotopic (exact) mass is 414 g/mol. The number of hydrogen-bond donors (Lipinski definition) is 1. The Balaban J connectivity index is 1.46. The van der Waals surface area contributed by atoms with Gasteiger partial charge in [0.1, 0.15) is 0 Å². The first-order valence-electron chi connectivity index (χ1n) is 9.27. The molecule has 1 amide bonds. The van der Waals surface area contributed by atoms with E-state index in [0.29, 0.717) is 6.54 Å². The zero-order chi connectivity index (χ0) is 19.3. The number of nitrogens with one attached hydrogen (secondary N) is 1. The lowest BCUT2D eigenvalue weighted by Gasteiger charge is -2.14. The van der Waals surface area contributed by atoms with E-state index in [9.17, 15) is 4.79 Å². The summed E-state index contributed by atoms with van der Waals surface area (Å²) < 4.78 is 7.90. The second kappa shape index (κ2) is 8.89. The van der Waals surface area contributed by atoms with Crippen LogP contribution in [0.2, 0.25) is 0 Å². The van der Waals surface area contributed by atoms with E-state index in [1.54, 1.807) is 11.3 Å². The number of aryl methyl sites for hydroxylation is 1. The van der Waals surface area contributed by atoms with Crippen molar-refractivity contribution in [3.8, 4) is 10.7 Å². The molecule has 8 heteroatoms. The van der Waals surface area contributed by atoms with Crippen LogP contribution in [0.1, 0.15) is 18.4 Å². The molecule has 1 aliphatic rings. The van der Waals surface area contributed by atoms with Crippen molar-refractivity contribution in [2.24, 2.45) is 0 Å². The van der Waals surface area contributed by atoms with Gasteiger partial charge in [-0.2, -0.15) is 0 Å². The highest BCUT2D eigenvalue weighted by Gasteiger charge is 2.22. The molecule has 6 nitrogen and oxygen atoms in total. The number of aromatic nitrogens is 3. The molecule has 0 bridgehead atoms. The van der Waals surface area contributed by atoms with Crippen molar-refractivity contribution in [3.05, 3.63) is 47.3 Å². The maximum absolute atomic E-state index is 12.4. The SMILES string of the molecule is Cc1cccc(NC(=O)CSc2nnc(-c3cccs3)n2CC2CCCO2)c1. The predicted octanol–water partition coefficient (Wildman–Crippen LogP) is 4.22. The van der Waals surface area contributed by atoms with Gasteiger partial charge in [-0.3, -0.25) is 9.36 Å². The summed E-state index contributed by atoms with van der Waals surface area (Å²) in [5.74, 6) is 1.06. The fraction of sp³-hybridized carbons (Fsp3) is 0.350. The van der Waals surface area contributed by atoms with Crippen molar-refractivity contribution < 1.29 is 9.53 Å². The van der Waals surface area contributed by atoms with Gasteiger partial charge < -0.3 is 10.1 Å². The number of amides is 1. The van der Waals surface area contributed by atoms with Gasteiger partial charge in [0.05, 0.1) is 23.3 Å². The van der Waals surface area contributed by atoms with E-state index in [4.69, 9.17) is 4.74 Å². The van der Waals surface area contributed by atoms with Crippen LogP contribution in [0.3, 0.4) is 0 Å². The molecule has 4 rings (SSSR count). The summed E-state index contributed by atoms with van der Waals surface area (Å²) in [6, 6.07) is 11.8. The van der Waals surface area contributed by atoms with Gasteiger partial charge in [-0.25, -0.2) is 0 Å². The van der Waals surface area contributed by atoms with Crippen LogP contribution in [0.15, 0.2) is 46.9 Å². The van der Waals surface area contributed by atoms with Crippen LogP contribution < -0.4 is 5.32 Å². The third-order valence-electron chi connectivity index (χ3n) is 4.50. The predicted molar refractivity (Wildman–Crippen MR) is 113 cm³/mol. The fourth-order valence-electron chi connectivity index (χ4n) is 3.19. The van der Waals surface area contributed by atoms with Gasteiger partial charge in [0.15, 0.2) is 11.0 Å². The number of carbonyl (C=O) groups is 1. The van der Waals surface area contributed by atoms with E-state index in [0.717, 1.165) is 46.6 Å². The molecule has 1 aromatic carbocycles. The van der Waals surface area contributed by atoms with E-state index in [1.165, 1.54) is 11.8 Å². The summed E-state index contributed by atoms with van der Waals surface area (Å²) in [5.41, 5.74) is 1.92. The van der Waals surface area contributed by atoms with Crippen LogP contribution in [0.5, 0.6) is 0 Å². The number of carbonyl (C=O) groups excluding carboxylic acids is 1. The minimum Gasteiger partial charge on any atom is -0.376 e. The second-order valence-electron chi connectivity index (χ2n) is 6.74. The van der Waals surface area contributed by atoms with Crippen molar-refractivity contribution in [1.82, 2.24) is 14.8 Å². The average molecular weight is 415 g/mol. The second-order valence-corrected chi connectivity index (χ2v) is 8.63. The molecule has 146 valence electrons. The van der Waals surface area contributed by atoms with E-state index >= 15 is 0 Å². The summed E-state index contributed by atoms with van der Waals surface area (Å²) in [6.07, 6.45) is 2.30. The maximum atomic E-state index is 12.4. The molecule has 2 aromatic heterocycles. The van der Waals surface area contributed by atoms with Crippen molar-refractivity contribution in [2.75, 3.05) is 17.7 Å². The standard InChI is InChI=1S/C20H22N4O2S2/c1-14-5-2-6-15(11-14)21-18(25)13-28-20-23-22-19(17-8-4-10-27-17)24(20)12-16-7-3-9-26-16/h2,4-6,8,10-11,16H,3,7,9,12-13H2,1H3,(H,21,25). The van der Waals surface area contributed by atoms with E-state index in [2.05, 4.69) is 20.1 Å². The lowest BCUT2D eigenvalue weighted by molar-refractivity contribution is -0.113. The Hall–Kier alpha value is -2.16. The Morgan fingerprint density at radius 2 is 2.29 bits per heavy atom. The number of thiophene rings is 1. The van der Waals surface area contributed by atoms with E-state index in [-0.39, 0.29) is 17.8 Å². The maximum Gasteiger partial charge on any atom is 0.234 e. The number of anilines is 1. The quantitative estimate of drug-likeness (QED) is 0.586. The van der Waals surface area contributed by atoms with Crippen molar-refractivity contribution in [3.63, 3.8) is 0 Å². The minimum atomic E-state index is -0.0556. The average Bonchev–Trinajstić information content (AvgIpc) is 3.43. The van der Waals surface area contributed by atoms with Crippen LogP contribution in [-0.2, 0) is 16.1 Å². The fourth-order valence-corrected chi connectivity index (χ4v) is 4.66. The first-order chi connectivity index (χ1) is 13.7. The smallest absolute Gasteiger partial charge is 0.234 e. The third kappa shape index (κ3) is 4.63. The van der Waals surface area contributed by atoms with Crippen molar-refractivity contribution in [2.45, 2.75) is 37.6 Å². The van der Waals surface area contributed by atoms with Crippen LogP contribution in [0.4, 0.5) is 5.69 Å². The van der Waals surface area contributed by atoms with Gasteiger partial charge in [0, 0.05) is 12.3 Å². The Morgan fingerprint density at radius 1 is 1.36 bits per heavy atom. The third-order valence-corrected chi connectivity index (χ3v) is 6.34. The summed E-state index contributed by atoms with van der Waals surface area (Å²) in [5, 5.41) is 14.5. The van der Waals surface area contributed by atoms with Crippen molar-refractivity contribution in [1.29, 1.82) is 0 Å². The lowest BCUT2D eigenvalue weighted by Crippen LogP contribution is -2.18. The van der Waals surface area contributed by atoms with Gasteiger partial charge in [-0.1, -0.05) is 30.0 Å². The number of hydrogen-bond acceptors (Lipinski definition) is 6. The van der Waals surface area contributed by atoms with Gasteiger partial charge in [-0.05, 0) is 48.9 Å². The molecule has 0 spiro atoms. The Bertz CT molecular complexity index is 934. The van der Waals surface area contributed by atoms with Gasteiger partial charge >= 0.3 is 0 Å². The molecule has 0 radical (unpaired) electrons. The lowest BCUT2D eigenvalue weighted by atomic mass is 10.2. The van der Waals surface area contributed by atoms with Crippen LogP contribution >= 0.6 is 23.1 Å².